The Labute approximate surface area is 166 Å². The molecule has 3 aromatic rings. The van der Waals surface area contributed by atoms with Crippen LogP contribution < -0.4 is 10.7 Å². The lowest BCUT2D eigenvalue weighted by molar-refractivity contribution is 0.309. The number of oxazole rings is 1. The van der Waals surface area contributed by atoms with Crippen LogP contribution in [0.2, 0.25) is 0 Å². The molecule has 1 atom stereocenters. The Morgan fingerprint density at radius 1 is 1.34 bits per heavy atom. The maximum atomic E-state index is 14.4. The number of aromatic amines is 1. The molecule has 154 valence electrons. The highest BCUT2D eigenvalue weighted by atomic mass is 32.2. The first kappa shape index (κ1) is 19.5. The molecule has 1 N–H and O–H groups in total. The molecule has 1 aliphatic rings. The molecular weight excluding hydrogens is 401 g/mol. The normalized spacial score (nSPS) is 18.2. The lowest BCUT2D eigenvalue weighted by atomic mass is 10.1. The highest BCUT2D eigenvalue weighted by Crippen LogP contribution is 2.27. The van der Waals surface area contributed by atoms with Crippen molar-refractivity contribution in [2.24, 2.45) is 0 Å². The maximum Gasteiger partial charge on any atom is 0.417 e. The van der Waals surface area contributed by atoms with Crippen LogP contribution in [0, 0.1) is 12.7 Å². The summed E-state index contributed by atoms with van der Waals surface area (Å²) in [4.78, 5) is 23.4. The van der Waals surface area contributed by atoms with Crippen molar-refractivity contribution >= 4 is 26.9 Å². The fourth-order valence-electron chi connectivity index (χ4n) is 3.56. The van der Waals surface area contributed by atoms with Crippen molar-refractivity contribution in [3.05, 3.63) is 46.6 Å². The van der Waals surface area contributed by atoms with Gasteiger partial charge in [0, 0.05) is 26.2 Å². The Morgan fingerprint density at radius 3 is 2.93 bits per heavy atom. The molecule has 29 heavy (non-hydrogen) atoms. The zero-order valence-corrected chi connectivity index (χ0v) is 16.7. The van der Waals surface area contributed by atoms with E-state index in [-0.39, 0.29) is 29.0 Å². The van der Waals surface area contributed by atoms with Gasteiger partial charge >= 0.3 is 5.76 Å². The van der Waals surface area contributed by atoms with Crippen LogP contribution in [0.4, 0.5) is 10.2 Å². The van der Waals surface area contributed by atoms with Crippen molar-refractivity contribution in [3.8, 4) is 0 Å². The van der Waals surface area contributed by atoms with Crippen LogP contribution in [0.1, 0.15) is 18.5 Å². The molecular formula is C18H20FN5O4S. The largest absolute Gasteiger partial charge is 0.417 e. The molecule has 11 heteroatoms. The third-order valence-electron chi connectivity index (χ3n) is 5.21. The van der Waals surface area contributed by atoms with Gasteiger partial charge in [0.25, 0.3) is 0 Å². The average molecular weight is 421 g/mol. The van der Waals surface area contributed by atoms with E-state index in [0.29, 0.717) is 30.5 Å². The molecule has 1 aliphatic heterocycles. The number of hydrogen-bond donors (Lipinski definition) is 1. The molecule has 9 nitrogen and oxygen atoms in total. The molecule has 0 spiro atoms. The Kier molecular flexibility index (Phi) is 4.87. The van der Waals surface area contributed by atoms with Crippen LogP contribution in [-0.2, 0) is 10.0 Å². The van der Waals surface area contributed by atoms with Gasteiger partial charge in [0.1, 0.15) is 6.33 Å². The Balaban J connectivity index is 1.61. The van der Waals surface area contributed by atoms with Gasteiger partial charge < -0.3 is 9.32 Å². The fraction of sp³-hybridized carbons (Fsp3) is 0.389. The Bertz CT molecular complexity index is 1220. The number of fused-ring (bicyclic) bond motifs is 1. The summed E-state index contributed by atoms with van der Waals surface area (Å²) in [6.07, 6.45) is 2.63. The van der Waals surface area contributed by atoms with E-state index in [1.165, 1.54) is 28.8 Å². The molecule has 1 unspecified atom stereocenters. The summed E-state index contributed by atoms with van der Waals surface area (Å²) in [6, 6.07) is 4.01. The SMILES string of the molecule is Cc1ncnc(N(C)C2CCCN(S(=O)(=O)c3ccc4oc(=O)[nH]c4c3)C2)c1F. The lowest BCUT2D eigenvalue weighted by Crippen LogP contribution is -2.49. The maximum absolute atomic E-state index is 14.4. The van der Waals surface area contributed by atoms with Gasteiger partial charge in [0.05, 0.1) is 16.1 Å². The highest BCUT2D eigenvalue weighted by Gasteiger charge is 2.33. The minimum absolute atomic E-state index is 0.0643. The lowest BCUT2D eigenvalue weighted by Gasteiger charge is -2.37. The number of rotatable bonds is 4. The number of sulfonamides is 1. The van der Waals surface area contributed by atoms with Gasteiger partial charge in [0.15, 0.2) is 17.2 Å². The number of hydrogen-bond acceptors (Lipinski definition) is 7. The average Bonchev–Trinajstić information content (AvgIpc) is 3.09. The topological polar surface area (TPSA) is 112 Å². The van der Waals surface area contributed by atoms with Crippen LogP contribution in [0.3, 0.4) is 0 Å². The molecule has 0 aliphatic carbocycles. The summed E-state index contributed by atoms with van der Waals surface area (Å²) < 4.78 is 47.0. The molecule has 3 heterocycles. The second-order valence-corrected chi connectivity index (χ2v) is 8.98. The van der Waals surface area contributed by atoms with Crippen molar-refractivity contribution in [3.63, 3.8) is 0 Å². The summed E-state index contributed by atoms with van der Waals surface area (Å²) in [7, 11) is -2.09. The number of benzene rings is 1. The highest BCUT2D eigenvalue weighted by molar-refractivity contribution is 7.89. The molecule has 1 fully saturated rings. The van der Waals surface area contributed by atoms with Gasteiger partial charge in [-0.1, -0.05) is 0 Å². The minimum atomic E-state index is -3.79. The van der Waals surface area contributed by atoms with E-state index in [2.05, 4.69) is 15.0 Å². The first-order chi connectivity index (χ1) is 13.8. The van der Waals surface area contributed by atoms with Crippen LogP contribution >= 0.6 is 0 Å². The van der Waals surface area contributed by atoms with Crippen molar-refractivity contribution in [1.82, 2.24) is 19.3 Å². The van der Waals surface area contributed by atoms with Crippen LogP contribution in [-0.4, -0.2) is 53.9 Å². The number of nitrogens with one attached hydrogen (secondary N) is 1. The van der Waals surface area contributed by atoms with E-state index >= 15 is 0 Å². The van der Waals surface area contributed by atoms with Crippen molar-refractivity contribution in [2.75, 3.05) is 25.0 Å². The summed E-state index contributed by atoms with van der Waals surface area (Å²) >= 11 is 0. The molecule has 0 amide bonds. The third kappa shape index (κ3) is 3.51. The monoisotopic (exact) mass is 421 g/mol. The smallest absolute Gasteiger partial charge is 0.408 e. The number of halogens is 1. The summed E-state index contributed by atoms with van der Waals surface area (Å²) in [6.45, 7) is 2.11. The molecule has 1 aromatic carbocycles. The number of aryl methyl sites for hydroxylation is 1. The van der Waals surface area contributed by atoms with E-state index in [4.69, 9.17) is 4.42 Å². The fourth-order valence-corrected chi connectivity index (χ4v) is 5.10. The third-order valence-corrected chi connectivity index (χ3v) is 7.08. The summed E-state index contributed by atoms with van der Waals surface area (Å²) in [5, 5.41) is 0. The number of nitrogens with zero attached hydrogens (tertiary/aromatic N) is 4. The number of anilines is 1. The predicted molar refractivity (Wildman–Crippen MR) is 104 cm³/mol. The molecule has 1 saturated heterocycles. The molecule has 0 saturated carbocycles. The first-order valence-electron chi connectivity index (χ1n) is 9.10. The van der Waals surface area contributed by atoms with Gasteiger partial charge in [-0.3, -0.25) is 4.98 Å². The zero-order chi connectivity index (χ0) is 20.8. The van der Waals surface area contributed by atoms with E-state index in [1.54, 1.807) is 18.9 Å². The summed E-state index contributed by atoms with van der Waals surface area (Å²) in [5.41, 5.74) is 0.852. The quantitative estimate of drug-likeness (QED) is 0.682. The number of likely N-dealkylation sites (N-methyl/N-ethyl adjacent to an activating group) is 1. The Morgan fingerprint density at radius 2 is 2.14 bits per heavy atom. The van der Waals surface area contributed by atoms with Gasteiger partial charge in [-0.15, -0.1) is 0 Å². The van der Waals surface area contributed by atoms with E-state index in [0.717, 1.165) is 0 Å². The Hall–Kier alpha value is -2.79. The van der Waals surface area contributed by atoms with Crippen LogP contribution in [0.15, 0.2) is 38.6 Å². The van der Waals surface area contributed by atoms with Crippen LogP contribution in [0.5, 0.6) is 0 Å². The van der Waals surface area contributed by atoms with Crippen molar-refractivity contribution in [1.29, 1.82) is 0 Å². The predicted octanol–water partition coefficient (Wildman–Crippen LogP) is 1.65. The van der Waals surface area contributed by atoms with Crippen molar-refractivity contribution in [2.45, 2.75) is 30.7 Å². The molecule has 2 aromatic heterocycles. The number of piperidine rings is 1. The molecule has 0 radical (unpaired) electrons. The standard InChI is InChI=1S/C18H20FN5O4S/c1-11-16(19)17(21-10-20-11)23(2)12-4-3-7-24(9-12)29(26,27)13-5-6-15-14(8-13)22-18(25)28-15/h5-6,8,10,12H,3-4,7,9H2,1-2H3,(H,22,25). The molecule has 0 bridgehead atoms. The van der Waals surface area contributed by atoms with E-state index in [9.17, 15) is 17.6 Å². The van der Waals surface area contributed by atoms with Gasteiger partial charge in [-0.05, 0) is 38.0 Å². The van der Waals surface area contributed by atoms with Gasteiger partial charge in [0.2, 0.25) is 10.0 Å². The first-order valence-corrected chi connectivity index (χ1v) is 10.5. The van der Waals surface area contributed by atoms with E-state index in [1.807, 2.05) is 0 Å². The summed E-state index contributed by atoms with van der Waals surface area (Å²) in [5.74, 6) is -1.00. The van der Waals surface area contributed by atoms with Gasteiger partial charge in [-0.25, -0.2) is 27.6 Å². The van der Waals surface area contributed by atoms with Gasteiger partial charge in [-0.2, -0.15) is 4.31 Å². The second kappa shape index (κ2) is 7.23. The van der Waals surface area contributed by atoms with Crippen molar-refractivity contribution < 1.29 is 17.2 Å². The zero-order valence-electron chi connectivity index (χ0n) is 15.9. The molecule has 4 rings (SSSR count). The number of H-pyrrole nitrogens is 1. The number of aromatic nitrogens is 3. The van der Waals surface area contributed by atoms with E-state index < -0.39 is 21.6 Å². The van der Waals surface area contributed by atoms with Crippen LogP contribution in [0.25, 0.3) is 11.1 Å². The second-order valence-electron chi connectivity index (χ2n) is 7.04. The minimum Gasteiger partial charge on any atom is -0.408 e.